The number of methoxy groups -OCH3 is 1. The molecule has 4 aromatic rings. The largest absolute Gasteiger partial charge is 0.383 e. The Hall–Kier alpha value is -3.62. The molecule has 0 N–H and O–H groups in total. The van der Waals surface area contributed by atoms with Gasteiger partial charge in [0.25, 0.3) is 11.6 Å². The van der Waals surface area contributed by atoms with Crippen LogP contribution in [0.25, 0.3) is 10.2 Å². The molecule has 3 aromatic carbocycles. The van der Waals surface area contributed by atoms with Gasteiger partial charge in [-0.05, 0) is 17.2 Å². The highest BCUT2D eigenvalue weighted by Crippen LogP contribution is 2.27. The van der Waals surface area contributed by atoms with Gasteiger partial charge in [0.05, 0.1) is 27.7 Å². The fraction of sp³-hybridized carbons (Fsp3) is 0.167. The fourth-order valence-corrected chi connectivity index (χ4v) is 4.62. The summed E-state index contributed by atoms with van der Waals surface area (Å²) in [6, 6.07) is 23.7. The molecule has 7 nitrogen and oxygen atoms in total. The quantitative estimate of drug-likeness (QED) is 0.308. The van der Waals surface area contributed by atoms with Gasteiger partial charge in [0.15, 0.2) is 4.80 Å². The Kier molecular flexibility index (Phi) is 6.53. The first-order valence-corrected chi connectivity index (χ1v) is 10.9. The van der Waals surface area contributed by atoms with Crippen molar-refractivity contribution >= 4 is 33.1 Å². The molecule has 0 aliphatic carbocycles. The highest BCUT2D eigenvalue weighted by molar-refractivity contribution is 7.16. The number of nitro groups is 1. The summed E-state index contributed by atoms with van der Waals surface area (Å²) >= 11 is 1.33. The van der Waals surface area contributed by atoms with Crippen molar-refractivity contribution in [2.75, 3.05) is 13.7 Å². The second kappa shape index (κ2) is 9.67. The number of thiazole rings is 1. The number of amides is 1. The average Bonchev–Trinajstić information content (AvgIpc) is 3.15. The van der Waals surface area contributed by atoms with Crippen molar-refractivity contribution in [2.45, 2.75) is 12.5 Å². The second-order valence-electron chi connectivity index (χ2n) is 7.14. The number of ether oxygens (including phenoxy) is 1. The molecule has 0 saturated heterocycles. The van der Waals surface area contributed by atoms with Gasteiger partial charge in [-0.25, -0.2) is 0 Å². The van der Waals surface area contributed by atoms with Gasteiger partial charge in [-0.2, -0.15) is 4.99 Å². The Morgan fingerprint density at radius 2 is 1.69 bits per heavy atom. The SMILES string of the molecule is COCCn1c(=NC(=O)C(c2ccccc2)c2ccccc2)sc2ccc([N+](=O)[O-])cc21. The normalized spacial score (nSPS) is 11.9. The van der Waals surface area contributed by atoms with Crippen LogP contribution in [0.1, 0.15) is 17.0 Å². The lowest BCUT2D eigenvalue weighted by atomic mass is 9.91. The van der Waals surface area contributed by atoms with Crippen LogP contribution in [0.3, 0.4) is 0 Å². The molecule has 1 aromatic heterocycles. The van der Waals surface area contributed by atoms with Crippen LogP contribution in [0.2, 0.25) is 0 Å². The molecular formula is C24H21N3O4S. The molecule has 32 heavy (non-hydrogen) atoms. The van der Waals surface area contributed by atoms with Gasteiger partial charge in [-0.15, -0.1) is 0 Å². The number of nitrogens with zero attached hydrogens (tertiary/aromatic N) is 3. The number of carbonyl (C=O) groups excluding carboxylic acids is 1. The molecule has 0 aliphatic rings. The Balaban J connectivity index is 1.85. The van der Waals surface area contributed by atoms with Crippen LogP contribution in [0.15, 0.2) is 83.9 Å². The number of carbonyl (C=O) groups is 1. The van der Waals surface area contributed by atoms with Crippen molar-refractivity contribution in [3.8, 4) is 0 Å². The van der Waals surface area contributed by atoms with E-state index < -0.39 is 10.8 Å². The summed E-state index contributed by atoms with van der Waals surface area (Å²) in [6.45, 7) is 0.807. The lowest BCUT2D eigenvalue weighted by Crippen LogP contribution is -2.22. The van der Waals surface area contributed by atoms with E-state index >= 15 is 0 Å². The summed E-state index contributed by atoms with van der Waals surface area (Å²) in [6.07, 6.45) is 0. The number of non-ortho nitro benzene ring substituents is 1. The minimum Gasteiger partial charge on any atom is -0.383 e. The van der Waals surface area contributed by atoms with Gasteiger partial charge in [0.2, 0.25) is 0 Å². The van der Waals surface area contributed by atoms with Gasteiger partial charge in [0.1, 0.15) is 0 Å². The van der Waals surface area contributed by atoms with Crippen LogP contribution in [0.5, 0.6) is 0 Å². The summed E-state index contributed by atoms with van der Waals surface area (Å²) in [5, 5.41) is 11.3. The molecule has 162 valence electrons. The number of nitro benzene ring substituents is 1. The number of fused-ring (bicyclic) bond motifs is 1. The lowest BCUT2D eigenvalue weighted by Gasteiger charge is -2.14. The van der Waals surface area contributed by atoms with E-state index in [0.29, 0.717) is 23.5 Å². The van der Waals surface area contributed by atoms with E-state index in [-0.39, 0.29) is 11.6 Å². The van der Waals surface area contributed by atoms with E-state index in [2.05, 4.69) is 4.99 Å². The van der Waals surface area contributed by atoms with E-state index in [9.17, 15) is 14.9 Å². The first kappa shape index (κ1) is 21.6. The molecule has 0 unspecified atom stereocenters. The highest BCUT2D eigenvalue weighted by Gasteiger charge is 2.23. The third-order valence-corrected chi connectivity index (χ3v) is 6.17. The molecule has 0 atom stereocenters. The molecule has 4 rings (SSSR count). The predicted molar refractivity (Wildman–Crippen MR) is 124 cm³/mol. The van der Waals surface area contributed by atoms with E-state index in [1.54, 1.807) is 17.7 Å². The summed E-state index contributed by atoms with van der Waals surface area (Å²) in [4.78, 5) is 29.3. The second-order valence-corrected chi connectivity index (χ2v) is 8.15. The van der Waals surface area contributed by atoms with Crippen molar-refractivity contribution in [3.63, 3.8) is 0 Å². The maximum absolute atomic E-state index is 13.5. The van der Waals surface area contributed by atoms with E-state index in [1.807, 2.05) is 60.7 Å². The Labute approximate surface area is 188 Å². The van der Waals surface area contributed by atoms with Crippen LogP contribution < -0.4 is 4.80 Å². The Morgan fingerprint density at radius 1 is 1.06 bits per heavy atom. The zero-order chi connectivity index (χ0) is 22.5. The van der Waals surface area contributed by atoms with Crippen molar-refractivity contribution in [1.82, 2.24) is 4.57 Å². The average molecular weight is 448 g/mol. The summed E-state index contributed by atoms with van der Waals surface area (Å²) < 4.78 is 7.83. The van der Waals surface area contributed by atoms with Gasteiger partial charge in [-0.3, -0.25) is 14.9 Å². The first-order chi connectivity index (χ1) is 15.6. The molecule has 0 fully saturated rings. The van der Waals surface area contributed by atoms with E-state index in [4.69, 9.17) is 4.74 Å². The molecule has 0 saturated carbocycles. The first-order valence-electron chi connectivity index (χ1n) is 10.0. The smallest absolute Gasteiger partial charge is 0.271 e. The molecule has 1 heterocycles. The number of hydrogen-bond donors (Lipinski definition) is 0. The zero-order valence-electron chi connectivity index (χ0n) is 17.4. The summed E-state index contributed by atoms with van der Waals surface area (Å²) in [7, 11) is 1.58. The maximum atomic E-state index is 13.5. The standard InChI is InChI=1S/C24H21N3O4S/c1-31-15-14-26-20-16-19(27(29)30)12-13-21(20)32-24(26)25-23(28)22(17-8-4-2-5-9-17)18-10-6-3-7-11-18/h2-13,16,22H,14-15H2,1H3. The molecular weight excluding hydrogens is 426 g/mol. The van der Waals surface area contributed by atoms with Gasteiger partial charge in [0, 0.05) is 25.8 Å². The monoisotopic (exact) mass is 447 g/mol. The number of rotatable bonds is 7. The molecule has 8 heteroatoms. The Morgan fingerprint density at radius 3 is 2.25 bits per heavy atom. The molecule has 0 bridgehead atoms. The molecule has 1 amide bonds. The highest BCUT2D eigenvalue weighted by atomic mass is 32.1. The van der Waals surface area contributed by atoms with Crippen LogP contribution in [-0.2, 0) is 16.1 Å². The molecule has 0 spiro atoms. The minimum absolute atomic E-state index is 0.00853. The van der Waals surface area contributed by atoms with Crippen molar-refractivity contribution < 1.29 is 14.5 Å². The van der Waals surface area contributed by atoms with Gasteiger partial charge < -0.3 is 9.30 Å². The van der Waals surface area contributed by atoms with Crippen molar-refractivity contribution in [3.05, 3.63) is 105 Å². The summed E-state index contributed by atoms with van der Waals surface area (Å²) in [5.74, 6) is -0.845. The predicted octanol–water partition coefficient (Wildman–Crippen LogP) is 4.52. The Bertz CT molecular complexity index is 1270. The zero-order valence-corrected chi connectivity index (χ0v) is 18.2. The van der Waals surface area contributed by atoms with Crippen molar-refractivity contribution in [1.29, 1.82) is 0 Å². The number of benzene rings is 3. The number of hydrogen-bond acceptors (Lipinski definition) is 5. The van der Waals surface area contributed by atoms with Gasteiger partial charge >= 0.3 is 0 Å². The third-order valence-electron chi connectivity index (χ3n) is 5.11. The third kappa shape index (κ3) is 4.51. The van der Waals surface area contributed by atoms with E-state index in [0.717, 1.165) is 15.8 Å². The van der Waals surface area contributed by atoms with Crippen molar-refractivity contribution in [2.24, 2.45) is 4.99 Å². The van der Waals surface area contributed by atoms with Crippen LogP contribution in [0.4, 0.5) is 5.69 Å². The lowest BCUT2D eigenvalue weighted by molar-refractivity contribution is -0.384. The van der Waals surface area contributed by atoms with Crippen LogP contribution in [0, 0.1) is 10.1 Å². The number of aromatic nitrogens is 1. The molecule has 0 radical (unpaired) electrons. The van der Waals surface area contributed by atoms with E-state index in [1.165, 1.54) is 23.5 Å². The maximum Gasteiger partial charge on any atom is 0.271 e. The van der Waals surface area contributed by atoms with Crippen LogP contribution >= 0.6 is 11.3 Å². The minimum atomic E-state index is -0.548. The van der Waals surface area contributed by atoms with Crippen LogP contribution in [-0.4, -0.2) is 29.1 Å². The fourth-order valence-electron chi connectivity index (χ4n) is 3.58. The molecule has 0 aliphatic heterocycles. The van der Waals surface area contributed by atoms with Gasteiger partial charge in [-0.1, -0.05) is 72.0 Å². The topological polar surface area (TPSA) is 86.7 Å². The summed E-state index contributed by atoms with van der Waals surface area (Å²) in [5.41, 5.74) is 2.36.